The summed E-state index contributed by atoms with van der Waals surface area (Å²) in [6, 6.07) is 0. The van der Waals surface area contributed by atoms with Crippen LogP contribution in [-0.4, -0.2) is 15.0 Å². The van der Waals surface area contributed by atoms with Gasteiger partial charge in [-0.15, -0.1) is 5.10 Å². The van der Waals surface area contributed by atoms with Gasteiger partial charge in [0, 0.05) is 7.05 Å². The number of nitrogens with zero attached hydrogens (tertiary/aromatic N) is 3. The molecule has 0 amide bonds. The van der Waals surface area contributed by atoms with Crippen molar-refractivity contribution >= 4 is 0 Å². The van der Waals surface area contributed by atoms with E-state index < -0.39 is 0 Å². The smallest absolute Gasteiger partial charge is 0.0859 e. The second-order valence-corrected chi connectivity index (χ2v) is 6.22. The van der Waals surface area contributed by atoms with E-state index in [1.807, 2.05) is 11.7 Å². The highest BCUT2D eigenvalue weighted by atomic mass is 15.4. The van der Waals surface area contributed by atoms with Gasteiger partial charge in [-0.2, -0.15) is 0 Å². The quantitative estimate of drug-likeness (QED) is 0.691. The van der Waals surface area contributed by atoms with E-state index in [-0.39, 0.29) is 0 Å². The van der Waals surface area contributed by atoms with E-state index in [4.69, 9.17) is 0 Å². The highest BCUT2D eigenvalue weighted by Gasteiger charge is 2.23. The number of hydrogen-bond donors (Lipinski definition) is 0. The topological polar surface area (TPSA) is 30.7 Å². The lowest BCUT2D eigenvalue weighted by Crippen LogP contribution is -2.18. The lowest BCUT2D eigenvalue weighted by molar-refractivity contribution is 0.310. The zero-order valence-electron chi connectivity index (χ0n) is 11.5. The van der Waals surface area contributed by atoms with Crippen molar-refractivity contribution in [1.82, 2.24) is 15.0 Å². The average Bonchev–Trinajstić information content (AvgIpc) is 2.58. The van der Waals surface area contributed by atoms with Crippen molar-refractivity contribution in [3.63, 3.8) is 0 Å². The maximum absolute atomic E-state index is 4.34. The van der Waals surface area contributed by atoms with Gasteiger partial charge in [0.1, 0.15) is 0 Å². The van der Waals surface area contributed by atoms with Crippen LogP contribution in [0.25, 0.3) is 0 Å². The minimum Gasteiger partial charge on any atom is -0.252 e. The van der Waals surface area contributed by atoms with Crippen molar-refractivity contribution in [2.24, 2.45) is 12.5 Å². The number of rotatable bonds is 0. The van der Waals surface area contributed by atoms with Crippen molar-refractivity contribution < 1.29 is 0 Å². The Hall–Kier alpha value is -0.860. The van der Waals surface area contributed by atoms with Crippen molar-refractivity contribution in [3.8, 4) is 0 Å². The molecule has 0 spiro atoms. The first-order valence-corrected chi connectivity index (χ1v) is 6.96. The standard InChI is InChI=1S/C14H25N3/c1-14(2)10-8-6-4-5-7-9-12-13(11-14)17(3)16-15-12/h4-11H2,1-3H3. The van der Waals surface area contributed by atoms with E-state index in [0.29, 0.717) is 5.41 Å². The number of aromatic nitrogens is 3. The van der Waals surface area contributed by atoms with Crippen LogP contribution in [0.4, 0.5) is 0 Å². The fourth-order valence-electron chi connectivity index (χ4n) is 2.80. The first-order chi connectivity index (χ1) is 8.08. The molecule has 0 N–H and O–H groups in total. The Morgan fingerprint density at radius 3 is 2.59 bits per heavy atom. The molecule has 3 heteroatoms. The average molecular weight is 235 g/mol. The molecule has 3 nitrogen and oxygen atoms in total. The van der Waals surface area contributed by atoms with Crippen LogP contribution in [0.15, 0.2) is 0 Å². The lowest BCUT2D eigenvalue weighted by Gasteiger charge is -2.24. The van der Waals surface area contributed by atoms with Gasteiger partial charge in [-0.25, -0.2) is 0 Å². The van der Waals surface area contributed by atoms with E-state index >= 15 is 0 Å². The van der Waals surface area contributed by atoms with Crippen LogP contribution in [0.1, 0.15) is 63.8 Å². The molecule has 0 fully saturated rings. The summed E-state index contributed by atoms with van der Waals surface area (Å²) in [5.41, 5.74) is 2.98. The van der Waals surface area contributed by atoms with Gasteiger partial charge in [-0.05, 0) is 31.1 Å². The van der Waals surface area contributed by atoms with Crippen LogP contribution in [0.5, 0.6) is 0 Å². The maximum Gasteiger partial charge on any atom is 0.0859 e. The summed E-state index contributed by atoms with van der Waals surface area (Å²) in [4.78, 5) is 0. The summed E-state index contributed by atoms with van der Waals surface area (Å²) in [5.74, 6) is 0. The molecule has 1 aromatic rings. The monoisotopic (exact) mass is 235 g/mol. The van der Waals surface area contributed by atoms with E-state index in [0.717, 1.165) is 12.8 Å². The van der Waals surface area contributed by atoms with Gasteiger partial charge in [-0.3, -0.25) is 4.68 Å². The fraction of sp³-hybridized carbons (Fsp3) is 0.857. The molecule has 96 valence electrons. The Bertz CT molecular complexity index is 366. The third-order valence-corrected chi connectivity index (χ3v) is 3.94. The largest absolute Gasteiger partial charge is 0.252 e. The second kappa shape index (κ2) is 5.19. The lowest BCUT2D eigenvalue weighted by atomic mass is 9.82. The van der Waals surface area contributed by atoms with Crippen LogP contribution < -0.4 is 0 Å². The number of aryl methyl sites for hydroxylation is 2. The first-order valence-electron chi connectivity index (χ1n) is 6.96. The summed E-state index contributed by atoms with van der Waals surface area (Å²) in [6.07, 6.45) is 10.3. The third kappa shape index (κ3) is 3.30. The van der Waals surface area contributed by atoms with E-state index in [9.17, 15) is 0 Å². The summed E-state index contributed by atoms with van der Waals surface area (Å²) < 4.78 is 1.98. The summed E-state index contributed by atoms with van der Waals surface area (Å²) in [6.45, 7) is 4.75. The Labute approximate surface area is 105 Å². The van der Waals surface area contributed by atoms with Crippen LogP contribution in [0.2, 0.25) is 0 Å². The molecular formula is C14H25N3. The SMILES string of the molecule is Cn1nnc2c1CC(C)(C)CCCCCCC2. The minimum absolute atomic E-state index is 0.383. The van der Waals surface area contributed by atoms with Crippen LogP contribution >= 0.6 is 0 Å². The van der Waals surface area contributed by atoms with Gasteiger partial charge in [-0.1, -0.05) is 44.7 Å². The zero-order chi connectivity index (χ0) is 12.3. The van der Waals surface area contributed by atoms with E-state index in [1.54, 1.807) is 0 Å². The van der Waals surface area contributed by atoms with Crippen LogP contribution in [0, 0.1) is 5.41 Å². The zero-order valence-corrected chi connectivity index (χ0v) is 11.5. The number of fused-ring (bicyclic) bond motifs is 1. The Balaban J connectivity index is 2.20. The van der Waals surface area contributed by atoms with Gasteiger partial charge in [0.05, 0.1) is 11.4 Å². The van der Waals surface area contributed by atoms with Gasteiger partial charge >= 0.3 is 0 Å². The molecule has 0 saturated carbocycles. The third-order valence-electron chi connectivity index (χ3n) is 3.94. The van der Waals surface area contributed by atoms with Gasteiger partial charge in [0.2, 0.25) is 0 Å². The molecular weight excluding hydrogens is 210 g/mol. The van der Waals surface area contributed by atoms with Crippen LogP contribution in [-0.2, 0) is 19.9 Å². The molecule has 0 radical (unpaired) electrons. The molecule has 1 aliphatic carbocycles. The van der Waals surface area contributed by atoms with Gasteiger partial charge in [0.15, 0.2) is 0 Å². The van der Waals surface area contributed by atoms with Crippen LogP contribution in [0.3, 0.4) is 0 Å². The maximum atomic E-state index is 4.34. The summed E-state index contributed by atoms with van der Waals surface area (Å²) >= 11 is 0. The molecule has 17 heavy (non-hydrogen) atoms. The normalized spacial score (nSPS) is 21.6. The summed E-state index contributed by atoms with van der Waals surface area (Å²) in [5, 5.41) is 8.54. The summed E-state index contributed by atoms with van der Waals surface area (Å²) in [7, 11) is 2.03. The van der Waals surface area contributed by atoms with E-state index in [1.165, 1.54) is 49.9 Å². The minimum atomic E-state index is 0.383. The highest BCUT2D eigenvalue weighted by Crippen LogP contribution is 2.30. The van der Waals surface area contributed by atoms with Crippen molar-refractivity contribution in [2.75, 3.05) is 0 Å². The predicted molar refractivity (Wildman–Crippen MR) is 69.9 cm³/mol. The molecule has 0 saturated heterocycles. The van der Waals surface area contributed by atoms with Crippen molar-refractivity contribution in [2.45, 2.75) is 65.2 Å². The van der Waals surface area contributed by atoms with E-state index in [2.05, 4.69) is 24.2 Å². The molecule has 0 aromatic carbocycles. The molecule has 0 atom stereocenters. The number of hydrogen-bond acceptors (Lipinski definition) is 2. The highest BCUT2D eigenvalue weighted by molar-refractivity contribution is 5.12. The molecule has 1 aliphatic rings. The first kappa shape index (κ1) is 12.6. The molecule has 0 bridgehead atoms. The van der Waals surface area contributed by atoms with Gasteiger partial charge < -0.3 is 0 Å². The Kier molecular flexibility index (Phi) is 3.85. The molecule has 0 unspecified atom stereocenters. The van der Waals surface area contributed by atoms with Gasteiger partial charge in [0.25, 0.3) is 0 Å². The molecule has 1 aromatic heterocycles. The second-order valence-electron chi connectivity index (χ2n) is 6.22. The molecule has 2 rings (SSSR count). The molecule has 0 aliphatic heterocycles. The van der Waals surface area contributed by atoms with Crippen molar-refractivity contribution in [3.05, 3.63) is 11.4 Å². The Morgan fingerprint density at radius 2 is 1.76 bits per heavy atom. The van der Waals surface area contributed by atoms with Crippen molar-refractivity contribution in [1.29, 1.82) is 0 Å². The molecule has 1 heterocycles. The predicted octanol–water partition coefficient (Wildman–Crippen LogP) is 3.28. The Morgan fingerprint density at radius 1 is 1.06 bits per heavy atom. The fourth-order valence-corrected chi connectivity index (χ4v) is 2.80.